The highest BCUT2D eigenvalue weighted by Crippen LogP contribution is 2.40. The summed E-state index contributed by atoms with van der Waals surface area (Å²) in [4.78, 5) is 14.9. The molecule has 1 amide bonds. The fourth-order valence-electron chi connectivity index (χ4n) is 3.77. The Hall–Kier alpha value is -3.21. The van der Waals surface area contributed by atoms with Gasteiger partial charge in [0.15, 0.2) is 6.10 Å². The smallest absolute Gasteiger partial charge is 0.417 e. The van der Waals surface area contributed by atoms with Crippen molar-refractivity contribution in [1.82, 2.24) is 4.90 Å². The second-order valence-electron chi connectivity index (χ2n) is 8.22. The molecule has 1 saturated heterocycles. The van der Waals surface area contributed by atoms with E-state index in [9.17, 15) is 18.0 Å². The molecule has 1 heterocycles. The largest absolute Gasteiger partial charge is 0.497 e. The van der Waals surface area contributed by atoms with Crippen LogP contribution in [0.25, 0.3) is 0 Å². The van der Waals surface area contributed by atoms with Gasteiger partial charge in [0, 0.05) is 12.0 Å². The Morgan fingerprint density at radius 2 is 1.90 bits per heavy atom. The number of nitriles is 1. The number of ether oxygens (including phenoxy) is 2. The number of amides is 1. The van der Waals surface area contributed by atoms with Crippen molar-refractivity contribution >= 4 is 5.91 Å². The molecule has 2 atom stereocenters. The number of alkyl halides is 3. The predicted octanol–water partition coefficient (Wildman–Crippen LogP) is 4.96. The molecule has 0 N–H and O–H groups in total. The van der Waals surface area contributed by atoms with Crippen LogP contribution < -0.4 is 9.47 Å². The zero-order valence-corrected chi connectivity index (χ0v) is 17.7. The van der Waals surface area contributed by atoms with E-state index >= 15 is 0 Å². The van der Waals surface area contributed by atoms with E-state index in [1.54, 1.807) is 18.1 Å². The second-order valence-corrected chi connectivity index (χ2v) is 8.22. The maximum absolute atomic E-state index is 13.3. The number of rotatable bonds is 5. The molecule has 1 aliphatic rings. The van der Waals surface area contributed by atoms with Crippen LogP contribution in [-0.2, 0) is 11.0 Å². The number of benzene rings is 2. The van der Waals surface area contributed by atoms with Crippen LogP contribution in [-0.4, -0.2) is 30.6 Å². The molecule has 0 saturated carbocycles. The zero-order chi connectivity index (χ0) is 23.0. The van der Waals surface area contributed by atoms with Gasteiger partial charge in [0.1, 0.15) is 11.5 Å². The average molecular weight is 432 g/mol. The molecule has 5 nitrogen and oxygen atoms in total. The normalized spacial score (nSPS) is 19.1. The maximum atomic E-state index is 13.3. The number of hydrogen-bond acceptors (Lipinski definition) is 4. The van der Waals surface area contributed by atoms with Gasteiger partial charge in [0.05, 0.1) is 30.3 Å². The summed E-state index contributed by atoms with van der Waals surface area (Å²) in [6.45, 7) is 5.93. The molecule has 3 rings (SSSR count). The highest BCUT2D eigenvalue weighted by atomic mass is 19.4. The van der Waals surface area contributed by atoms with Crippen molar-refractivity contribution in [3.63, 3.8) is 0 Å². The molecule has 0 aliphatic carbocycles. The molecule has 31 heavy (non-hydrogen) atoms. The van der Waals surface area contributed by atoms with Gasteiger partial charge in [0.25, 0.3) is 5.91 Å². The molecular weight excluding hydrogens is 409 g/mol. The lowest BCUT2D eigenvalue weighted by atomic mass is 9.89. The van der Waals surface area contributed by atoms with Gasteiger partial charge < -0.3 is 14.4 Å². The van der Waals surface area contributed by atoms with Crippen molar-refractivity contribution < 1.29 is 27.4 Å². The standard InChI is InChI=1S/C23H23F3N2O3/c1-14(15-6-5-7-17(10-15)30-4)28-13-22(2,3)20(21(28)29)31-18-9-8-16(12-27)19(11-18)23(24,25)26/h5-11,14,20H,13H2,1-4H3. The predicted molar refractivity (Wildman–Crippen MR) is 107 cm³/mol. The quantitative estimate of drug-likeness (QED) is 0.670. The first-order chi connectivity index (χ1) is 14.5. The summed E-state index contributed by atoms with van der Waals surface area (Å²) in [7, 11) is 1.56. The number of halogens is 3. The Labute approximate surface area is 179 Å². The third-order valence-corrected chi connectivity index (χ3v) is 5.51. The molecular formula is C23H23F3N2O3. The summed E-state index contributed by atoms with van der Waals surface area (Å²) in [5.74, 6) is 0.257. The molecule has 2 unspecified atom stereocenters. The lowest BCUT2D eigenvalue weighted by molar-refractivity contribution is -0.138. The summed E-state index contributed by atoms with van der Waals surface area (Å²) < 4.78 is 50.9. The van der Waals surface area contributed by atoms with Crippen molar-refractivity contribution in [1.29, 1.82) is 5.26 Å². The Morgan fingerprint density at radius 1 is 1.19 bits per heavy atom. The molecule has 1 aliphatic heterocycles. The Morgan fingerprint density at radius 3 is 2.52 bits per heavy atom. The summed E-state index contributed by atoms with van der Waals surface area (Å²) >= 11 is 0. The Kier molecular flexibility index (Phi) is 5.90. The molecule has 0 bridgehead atoms. The Bertz CT molecular complexity index is 1030. The van der Waals surface area contributed by atoms with Crippen LogP contribution in [0.4, 0.5) is 13.2 Å². The third kappa shape index (κ3) is 4.46. The van der Waals surface area contributed by atoms with E-state index in [-0.39, 0.29) is 17.7 Å². The molecule has 2 aromatic rings. The van der Waals surface area contributed by atoms with Crippen molar-refractivity contribution in [2.75, 3.05) is 13.7 Å². The summed E-state index contributed by atoms with van der Waals surface area (Å²) in [6, 6.07) is 11.7. The van der Waals surface area contributed by atoms with Crippen molar-refractivity contribution in [3.8, 4) is 17.6 Å². The van der Waals surface area contributed by atoms with E-state index in [2.05, 4.69) is 0 Å². The lowest BCUT2D eigenvalue weighted by Crippen LogP contribution is -2.37. The molecule has 164 valence electrons. The fourth-order valence-corrected chi connectivity index (χ4v) is 3.77. The van der Waals surface area contributed by atoms with Crippen molar-refractivity contribution in [3.05, 3.63) is 59.2 Å². The molecule has 0 spiro atoms. The average Bonchev–Trinajstić information content (AvgIpc) is 2.96. The SMILES string of the molecule is COc1cccc(C(C)N2CC(C)(C)C(Oc3ccc(C#N)c(C(F)(F)F)c3)C2=O)c1. The highest BCUT2D eigenvalue weighted by molar-refractivity contribution is 5.85. The molecule has 0 aromatic heterocycles. The van der Waals surface area contributed by atoms with E-state index in [0.717, 1.165) is 17.7 Å². The van der Waals surface area contributed by atoms with E-state index in [0.29, 0.717) is 12.3 Å². The third-order valence-electron chi connectivity index (χ3n) is 5.51. The lowest BCUT2D eigenvalue weighted by Gasteiger charge is -2.26. The first kappa shape index (κ1) is 22.5. The van der Waals surface area contributed by atoms with Crippen LogP contribution in [0, 0.1) is 16.7 Å². The van der Waals surface area contributed by atoms with Gasteiger partial charge in [-0.3, -0.25) is 4.79 Å². The number of methoxy groups -OCH3 is 1. The van der Waals surface area contributed by atoms with Gasteiger partial charge >= 0.3 is 6.18 Å². The maximum Gasteiger partial charge on any atom is 0.417 e. The number of carbonyl (C=O) groups excluding carboxylic acids is 1. The van der Waals surface area contributed by atoms with E-state index in [1.807, 2.05) is 39.0 Å². The molecule has 2 aromatic carbocycles. The topological polar surface area (TPSA) is 62.6 Å². The molecule has 0 radical (unpaired) electrons. The number of carbonyl (C=O) groups is 1. The minimum absolute atomic E-state index is 0.103. The molecule has 8 heteroatoms. The van der Waals surface area contributed by atoms with E-state index in [4.69, 9.17) is 14.7 Å². The van der Waals surface area contributed by atoms with Gasteiger partial charge in [-0.25, -0.2) is 0 Å². The van der Waals surface area contributed by atoms with E-state index in [1.165, 1.54) is 12.1 Å². The van der Waals surface area contributed by atoms with Crippen LogP contribution in [0.5, 0.6) is 11.5 Å². The summed E-state index contributed by atoms with van der Waals surface area (Å²) in [5, 5.41) is 8.96. The van der Waals surface area contributed by atoms with Crippen LogP contribution in [0.15, 0.2) is 42.5 Å². The second kappa shape index (κ2) is 8.14. The van der Waals surface area contributed by atoms with Crippen LogP contribution in [0.2, 0.25) is 0 Å². The number of likely N-dealkylation sites (tertiary alicyclic amines) is 1. The van der Waals surface area contributed by atoms with Gasteiger partial charge in [-0.1, -0.05) is 26.0 Å². The monoisotopic (exact) mass is 432 g/mol. The zero-order valence-electron chi connectivity index (χ0n) is 17.7. The summed E-state index contributed by atoms with van der Waals surface area (Å²) in [5.41, 5.74) is -1.35. The van der Waals surface area contributed by atoms with Crippen LogP contribution >= 0.6 is 0 Å². The minimum atomic E-state index is -4.70. The van der Waals surface area contributed by atoms with Crippen LogP contribution in [0.3, 0.4) is 0 Å². The number of nitrogens with zero attached hydrogens (tertiary/aromatic N) is 2. The molecule has 1 fully saturated rings. The van der Waals surface area contributed by atoms with Gasteiger partial charge in [0.2, 0.25) is 0 Å². The Balaban J connectivity index is 1.88. The van der Waals surface area contributed by atoms with Gasteiger partial charge in [-0.05, 0) is 42.8 Å². The van der Waals surface area contributed by atoms with Gasteiger partial charge in [-0.2, -0.15) is 18.4 Å². The van der Waals surface area contributed by atoms with E-state index < -0.39 is 28.8 Å². The van der Waals surface area contributed by atoms with Crippen molar-refractivity contribution in [2.45, 2.75) is 39.1 Å². The van der Waals surface area contributed by atoms with Crippen LogP contribution in [0.1, 0.15) is 43.5 Å². The minimum Gasteiger partial charge on any atom is -0.497 e. The highest BCUT2D eigenvalue weighted by Gasteiger charge is 2.49. The number of hydrogen-bond donors (Lipinski definition) is 0. The van der Waals surface area contributed by atoms with Crippen molar-refractivity contribution in [2.24, 2.45) is 5.41 Å². The fraction of sp³-hybridized carbons (Fsp3) is 0.391. The first-order valence-electron chi connectivity index (χ1n) is 9.70. The first-order valence-corrected chi connectivity index (χ1v) is 9.70. The van der Waals surface area contributed by atoms with Gasteiger partial charge in [-0.15, -0.1) is 0 Å². The summed E-state index contributed by atoms with van der Waals surface area (Å²) in [6.07, 6.45) is -5.67.